The van der Waals surface area contributed by atoms with Crippen LogP contribution < -0.4 is 0 Å². The van der Waals surface area contributed by atoms with Gasteiger partial charge in [-0.1, -0.05) is 21.6 Å². The maximum absolute atomic E-state index is 8.83. The topological polar surface area (TPSA) is 40.5 Å². The van der Waals surface area contributed by atoms with E-state index in [4.69, 9.17) is 10.2 Å². The molecule has 0 aliphatic carbocycles. The van der Waals surface area contributed by atoms with Crippen LogP contribution in [0, 0.1) is 0 Å². The number of aliphatic hydroxyl groups excluding tert-OH is 2. The van der Waals surface area contributed by atoms with E-state index in [0.29, 0.717) is 5.75 Å². The van der Waals surface area contributed by atoms with Crippen LogP contribution in [-0.4, -0.2) is 22.1 Å². The third-order valence-electron chi connectivity index (χ3n) is 0.804. The Morgan fingerprint density at radius 2 is 2.50 bits per heavy atom. The molecular formula is C4H6O2S2. The molecule has 1 aliphatic rings. The van der Waals surface area contributed by atoms with Crippen molar-refractivity contribution in [3.05, 3.63) is 11.2 Å². The van der Waals surface area contributed by atoms with E-state index in [1.54, 1.807) is 5.41 Å². The van der Waals surface area contributed by atoms with Crippen LogP contribution in [0.3, 0.4) is 0 Å². The third kappa shape index (κ3) is 1.34. The van der Waals surface area contributed by atoms with Gasteiger partial charge in [0, 0.05) is 11.2 Å². The summed E-state index contributed by atoms with van der Waals surface area (Å²) in [6.45, 7) is 0. The maximum Gasteiger partial charge on any atom is 0.129 e. The highest BCUT2D eigenvalue weighted by Crippen LogP contribution is 2.30. The lowest BCUT2D eigenvalue weighted by molar-refractivity contribution is 0.174. The first-order valence-corrected chi connectivity index (χ1v) is 4.54. The molecule has 0 spiro atoms. The Hall–Kier alpha value is 0.200. The van der Waals surface area contributed by atoms with Gasteiger partial charge >= 0.3 is 0 Å². The summed E-state index contributed by atoms with van der Waals surface area (Å²) in [5.41, 5.74) is 0. The second-order valence-corrected chi connectivity index (χ2v) is 3.72. The Morgan fingerprint density at radius 3 is 2.88 bits per heavy atom. The van der Waals surface area contributed by atoms with Gasteiger partial charge in [0.25, 0.3) is 0 Å². The molecule has 46 valence electrons. The van der Waals surface area contributed by atoms with E-state index in [2.05, 4.69) is 0 Å². The standard InChI is InChI=1S/C4H6O2S2/c5-3-1-7-8-2-4(3)6/h1,4-6H,2H2/t4-/m0/s1. The van der Waals surface area contributed by atoms with Crippen molar-refractivity contribution in [2.75, 3.05) is 5.75 Å². The van der Waals surface area contributed by atoms with Gasteiger partial charge in [-0.2, -0.15) is 0 Å². The number of hydrogen-bond donors (Lipinski definition) is 2. The van der Waals surface area contributed by atoms with Crippen LogP contribution in [0.2, 0.25) is 0 Å². The Balaban J connectivity index is 2.53. The van der Waals surface area contributed by atoms with E-state index in [1.165, 1.54) is 21.6 Å². The lowest BCUT2D eigenvalue weighted by Crippen LogP contribution is -2.13. The largest absolute Gasteiger partial charge is 0.509 e. The summed E-state index contributed by atoms with van der Waals surface area (Å²) in [7, 11) is 2.99. The maximum atomic E-state index is 8.83. The van der Waals surface area contributed by atoms with Crippen LogP contribution in [0.5, 0.6) is 0 Å². The minimum atomic E-state index is -0.638. The molecule has 1 atom stereocenters. The summed E-state index contributed by atoms with van der Waals surface area (Å²) in [6, 6.07) is 0. The summed E-state index contributed by atoms with van der Waals surface area (Å²) in [6.07, 6.45) is -0.638. The van der Waals surface area contributed by atoms with Crippen molar-refractivity contribution >= 4 is 21.6 Å². The molecule has 0 aromatic carbocycles. The molecule has 0 radical (unpaired) electrons. The molecule has 4 heteroatoms. The molecule has 0 unspecified atom stereocenters. The molecule has 0 aromatic rings. The Labute approximate surface area is 55.4 Å². The summed E-state index contributed by atoms with van der Waals surface area (Å²) >= 11 is 0. The summed E-state index contributed by atoms with van der Waals surface area (Å²) in [5.74, 6) is 0.682. The zero-order chi connectivity index (χ0) is 5.98. The van der Waals surface area contributed by atoms with E-state index >= 15 is 0 Å². The molecule has 0 fully saturated rings. The van der Waals surface area contributed by atoms with Gasteiger partial charge in [-0.15, -0.1) is 0 Å². The second kappa shape index (κ2) is 2.66. The highest BCUT2D eigenvalue weighted by Gasteiger charge is 2.13. The normalized spacial score (nSPS) is 29.6. The van der Waals surface area contributed by atoms with Crippen molar-refractivity contribution < 1.29 is 10.2 Å². The van der Waals surface area contributed by atoms with Crippen LogP contribution in [0.1, 0.15) is 0 Å². The van der Waals surface area contributed by atoms with Gasteiger partial charge in [0.1, 0.15) is 11.9 Å². The van der Waals surface area contributed by atoms with Gasteiger partial charge < -0.3 is 10.2 Å². The quantitative estimate of drug-likeness (QED) is 0.508. The van der Waals surface area contributed by atoms with Gasteiger partial charge in [-0.25, -0.2) is 0 Å². The van der Waals surface area contributed by atoms with Crippen molar-refractivity contribution in [2.45, 2.75) is 6.10 Å². The van der Waals surface area contributed by atoms with Crippen molar-refractivity contribution in [3.63, 3.8) is 0 Å². The van der Waals surface area contributed by atoms with E-state index < -0.39 is 6.10 Å². The van der Waals surface area contributed by atoms with Crippen LogP contribution in [0.25, 0.3) is 0 Å². The molecule has 2 N–H and O–H groups in total. The van der Waals surface area contributed by atoms with Crippen LogP contribution in [0.4, 0.5) is 0 Å². The van der Waals surface area contributed by atoms with Crippen LogP contribution >= 0.6 is 21.6 Å². The van der Waals surface area contributed by atoms with Crippen molar-refractivity contribution in [2.24, 2.45) is 0 Å². The molecule has 0 saturated carbocycles. The van der Waals surface area contributed by atoms with E-state index in [-0.39, 0.29) is 5.76 Å². The molecule has 0 bridgehead atoms. The fourth-order valence-electron chi connectivity index (χ4n) is 0.351. The molecule has 8 heavy (non-hydrogen) atoms. The fourth-order valence-corrected chi connectivity index (χ4v) is 2.18. The molecule has 2 nitrogen and oxygen atoms in total. The molecule has 0 saturated heterocycles. The van der Waals surface area contributed by atoms with E-state index in [9.17, 15) is 0 Å². The van der Waals surface area contributed by atoms with Crippen molar-refractivity contribution in [3.8, 4) is 0 Å². The van der Waals surface area contributed by atoms with Gasteiger partial charge in [0.15, 0.2) is 0 Å². The second-order valence-electron chi connectivity index (χ2n) is 1.44. The number of rotatable bonds is 0. The first kappa shape index (κ1) is 6.32. The van der Waals surface area contributed by atoms with Gasteiger partial charge in [0.2, 0.25) is 0 Å². The highest BCUT2D eigenvalue weighted by atomic mass is 33.1. The monoisotopic (exact) mass is 150 g/mol. The van der Waals surface area contributed by atoms with Crippen LogP contribution in [-0.2, 0) is 0 Å². The molecule has 1 rings (SSSR count). The smallest absolute Gasteiger partial charge is 0.129 e. The Kier molecular flexibility index (Phi) is 2.10. The summed E-state index contributed by atoms with van der Waals surface area (Å²) in [4.78, 5) is 0. The van der Waals surface area contributed by atoms with Gasteiger partial charge in [-0.3, -0.25) is 0 Å². The fraction of sp³-hybridized carbons (Fsp3) is 0.500. The molecule has 1 aliphatic heterocycles. The number of aliphatic hydroxyl groups is 2. The van der Waals surface area contributed by atoms with Crippen molar-refractivity contribution in [1.82, 2.24) is 0 Å². The lowest BCUT2D eigenvalue weighted by atomic mass is 10.4. The molecule has 0 aromatic heterocycles. The zero-order valence-corrected chi connectivity index (χ0v) is 5.71. The Bertz CT molecular complexity index is 113. The minimum Gasteiger partial charge on any atom is -0.509 e. The molecule has 1 heterocycles. The first-order valence-electron chi connectivity index (χ1n) is 2.16. The number of hydrogen-bond acceptors (Lipinski definition) is 4. The van der Waals surface area contributed by atoms with E-state index in [0.717, 1.165) is 0 Å². The van der Waals surface area contributed by atoms with Crippen LogP contribution in [0.15, 0.2) is 11.2 Å². The predicted octanol–water partition coefficient (Wildman–Crippen LogP) is 1.14. The third-order valence-corrected chi connectivity index (χ3v) is 2.84. The zero-order valence-electron chi connectivity index (χ0n) is 4.07. The predicted molar refractivity (Wildman–Crippen MR) is 36.8 cm³/mol. The van der Waals surface area contributed by atoms with Gasteiger partial charge in [0.05, 0.1) is 0 Å². The van der Waals surface area contributed by atoms with Crippen molar-refractivity contribution in [1.29, 1.82) is 0 Å². The summed E-state index contributed by atoms with van der Waals surface area (Å²) in [5, 5.41) is 19.1. The highest BCUT2D eigenvalue weighted by molar-refractivity contribution is 8.77. The average Bonchev–Trinajstić information content (AvgIpc) is 1.77. The molecule has 0 amide bonds. The summed E-state index contributed by atoms with van der Waals surface area (Å²) < 4.78 is 0. The van der Waals surface area contributed by atoms with Gasteiger partial charge in [-0.05, 0) is 0 Å². The molecular weight excluding hydrogens is 144 g/mol. The average molecular weight is 150 g/mol. The minimum absolute atomic E-state index is 0.0914. The Morgan fingerprint density at radius 1 is 1.75 bits per heavy atom. The SMILES string of the molecule is OC1=CSSC[C@@H]1O. The first-order chi connectivity index (χ1) is 3.80. The van der Waals surface area contributed by atoms with E-state index in [1.807, 2.05) is 0 Å². The lowest BCUT2D eigenvalue weighted by Gasteiger charge is -2.11.